The quantitative estimate of drug-likeness (QED) is 0.720. The molecule has 114 valence electrons. The molecule has 0 radical (unpaired) electrons. The van der Waals surface area contributed by atoms with Crippen LogP contribution in [0.2, 0.25) is 0 Å². The summed E-state index contributed by atoms with van der Waals surface area (Å²) in [6.45, 7) is 0.181. The number of hydrogen-bond acceptors (Lipinski definition) is 5. The fourth-order valence-corrected chi connectivity index (χ4v) is 3.44. The molecule has 0 saturated heterocycles. The van der Waals surface area contributed by atoms with Gasteiger partial charge in [-0.3, -0.25) is 0 Å². The number of nitrogens with zero attached hydrogens (tertiary/aromatic N) is 1. The third-order valence-electron chi connectivity index (χ3n) is 3.89. The number of ether oxygens (including phenoxy) is 3. The zero-order valence-corrected chi connectivity index (χ0v) is 14.0. The lowest BCUT2D eigenvalue weighted by molar-refractivity contribution is 0.174. The van der Waals surface area contributed by atoms with Crippen LogP contribution < -0.4 is 19.9 Å². The van der Waals surface area contributed by atoms with Crippen LogP contribution in [0.1, 0.15) is 17.0 Å². The Bertz CT molecular complexity index is 886. The fourth-order valence-electron chi connectivity index (χ4n) is 2.88. The molecule has 0 unspecified atom stereocenters. The monoisotopic (exact) mass is 418 g/mol. The van der Waals surface area contributed by atoms with E-state index >= 15 is 0 Å². The topological polar surface area (TPSA) is 77.5 Å². The Balaban J connectivity index is 1.94. The first kappa shape index (κ1) is 14.2. The van der Waals surface area contributed by atoms with Gasteiger partial charge in [-0.25, -0.2) is 0 Å². The summed E-state index contributed by atoms with van der Waals surface area (Å²) in [7, 11) is 0. The van der Waals surface area contributed by atoms with Crippen molar-refractivity contribution >= 4 is 22.6 Å². The molecule has 2 aliphatic heterocycles. The van der Waals surface area contributed by atoms with Crippen LogP contribution >= 0.6 is 22.6 Å². The molecule has 0 aliphatic carbocycles. The molecule has 0 bridgehead atoms. The number of benzene rings is 2. The van der Waals surface area contributed by atoms with Crippen LogP contribution in [0.25, 0.3) is 0 Å². The normalized spacial score (nSPS) is 18.2. The molecule has 23 heavy (non-hydrogen) atoms. The zero-order valence-electron chi connectivity index (χ0n) is 11.9. The highest BCUT2D eigenvalue weighted by atomic mass is 127. The van der Waals surface area contributed by atoms with Crippen molar-refractivity contribution in [3.63, 3.8) is 0 Å². The second-order valence-corrected chi connectivity index (χ2v) is 6.47. The lowest BCUT2D eigenvalue weighted by Gasteiger charge is -2.26. The Labute approximate surface area is 146 Å². The predicted molar refractivity (Wildman–Crippen MR) is 91.0 cm³/mol. The highest BCUT2D eigenvalue weighted by Gasteiger charge is 2.33. The summed E-state index contributed by atoms with van der Waals surface area (Å²) in [6.07, 6.45) is 0. The largest absolute Gasteiger partial charge is 0.454 e. The van der Waals surface area contributed by atoms with Crippen molar-refractivity contribution < 1.29 is 14.2 Å². The van der Waals surface area contributed by atoms with E-state index in [-0.39, 0.29) is 18.6 Å². The van der Waals surface area contributed by atoms with Crippen molar-refractivity contribution in [1.29, 1.82) is 5.26 Å². The number of nitriles is 1. The number of hydrogen-bond donors (Lipinski definition) is 1. The summed E-state index contributed by atoms with van der Waals surface area (Å²) in [5, 5.41) is 9.56. The van der Waals surface area contributed by atoms with Gasteiger partial charge in [0, 0.05) is 15.2 Å². The summed E-state index contributed by atoms with van der Waals surface area (Å²) in [5.74, 6) is 1.71. The van der Waals surface area contributed by atoms with E-state index in [0.29, 0.717) is 22.8 Å². The van der Waals surface area contributed by atoms with Crippen molar-refractivity contribution in [2.75, 3.05) is 6.79 Å². The van der Waals surface area contributed by atoms with Crippen LogP contribution in [0.4, 0.5) is 0 Å². The van der Waals surface area contributed by atoms with Crippen LogP contribution in [-0.4, -0.2) is 6.79 Å². The third kappa shape index (κ3) is 2.28. The molecule has 0 aromatic heterocycles. The van der Waals surface area contributed by atoms with Gasteiger partial charge >= 0.3 is 0 Å². The minimum atomic E-state index is -0.284. The van der Waals surface area contributed by atoms with Gasteiger partial charge in [-0.2, -0.15) is 5.26 Å². The molecule has 6 heteroatoms. The van der Waals surface area contributed by atoms with Gasteiger partial charge in [0.05, 0.1) is 5.92 Å². The number of nitrogens with two attached hydrogens (primary N) is 1. The maximum absolute atomic E-state index is 9.56. The first-order valence-electron chi connectivity index (χ1n) is 6.94. The van der Waals surface area contributed by atoms with Crippen molar-refractivity contribution in [2.24, 2.45) is 5.73 Å². The van der Waals surface area contributed by atoms with Gasteiger partial charge in [-0.15, -0.1) is 0 Å². The van der Waals surface area contributed by atoms with E-state index in [1.165, 1.54) is 0 Å². The van der Waals surface area contributed by atoms with Crippen molar-refractivity contribution in [3.05, 3.63) is 62.6 Å². The Morgan fingerprint density at radius 1 is 1.13 bits per heavy atom. The SMILES string of the molecule is N#CC1=C(N)Oc2cc3c(cc2[C@@H]1c1cccc(I)c1)OCO3. The third-order valence-corrected chi connectivity index (χ3v) is 4.56. The van der Waals surface area contributed by atoms with Gasteiger partial charge < -0.3 is 19.9 Å². The molecule has 1 atom stereocenters. The van der Waals surface area contributed by atoms with Crippen molar-refractivity contribution in [2.45, 2.75) is 5.92 Å². The van der Waals surface area contributed by atoms with Crippen LogP contribution in [0, 0.1) is 14.9 Å². The molecule has 2 aromatic carbocycles. The van der Waals surface area contributed by atoms with E-state index in [9.17, 15) is 5.26 Å². The molecule has 0 fully saturated rings. The van der Waals surface area contributed by atoms with Crippen LogP contribution in [0.3, 0.4) is 0 Å². The second-order valence-electron chi connectivity index (χ2n) is 5.22. The molecule has 0 amide bonds. The number of allylic oxidation sites excluding steroid dienone is 1. The molecule has 5 nitrogen and oxygen atoms in total. The minimum Gasteiger partial charge on any atom is -0.454 e. The zero-order chi connectivity index (χ0) is 16.0. The van der Waals surface area contributed by atoms with Crippen LogP contribution in [-0.2, 0) is 0 Å². The van der Waals surface area contributed by atoms with E-state index in [4.69, 9.17) is 19.9 Å². The maximum Gasteiger partial charge on any atom is 0.231 e. The molecule has 0 saturated carbocycles. The van der Waals surface area contributed by atoms with E-state index in [0.717, 1.165) is 14.7 Å². The highest BCUT2D eigenvalue weighted by Crippen LogP contribution is 2.47. The Morgan fingerprint density at radius 3 is 2.65 bits per heavy atom. The van der Waals surface area contributed by atoms with Crippen LogP contribution in [0.5, 0.6) is 17.2 Å². The number of rotatable bonds is 1. The van der Waals surface area contributed by atoms with Gasteiger partial charge in [0.15, 0.2) is 11.5 Å². The number of halogens is 1. The Kier molecular flexibility index (Phi) is 3.31. The average Bonchev–Trinajstić information content (AvgIpc) is 2.98. The van der Waals surface area contributed by atoms with Gasteiger partial charge in [0.25, 0.3) is 0 Å². The lowest BCUT2D eigenvalue weighted by atomic mass is 9.83. The Hall–Kier alpha value is -2.40. The first-order chi connectivity index (χ1) is 11.2. The molecule has 2 N–H and O–H groups in total. The van der Waals surface area contributed by atoms with E-state index in [1.807, 2.05) is 30.3 Å². The molecule has 0 spiro atoms. The van der Waals surface area contributed by atoms with Crippen molar-refractivity contribution in [3.8, 4) is 23.3 Å². The summed E-state index contributed by atoms with van der Waals surface area (Å²) < 4.78 is 17.6. The van der Waals surface area contributed by atoms with Gasteiger partial charge in [0.2, 0.25) is 12.7 Å². The fraction of sp³-hybridized carbons (Fsp3) is 0.118. The molecular formula is C17H11IN2O3. The first-order valence-corrected chi connectivity index (χ1v) is 8.02. The highest BCUT2D eigenvalue weighted by molar-refractivity contribution is 14.1. The maximum atomic E-state index is 9.56. The molecule has 4 rings (SSSR count). The number of fused-ring (bicyclic) bond motifs is 2. The molecule has 2 heterocycles. The van der Waals surface area contributed by atoms with Gasteiger partial charge in [-0.1, -0.05) is 12.1 Å². The summed E-state index contributed by atoms with van der Waals surface area (Å²) in [5.41, 5.74) is 8.21. The second kappa shape index (κ2) is 5.35. The van der Waals surface area contributed by atoms with Gasteiger partial charge in [-0.05, 0) is 46.4 Å². The summed E-state index contributed by atoms with van der Waals surface area (Å²) in [4.78, 5) is 0. The Morgan fingerprint density at radius 2 is 1.91 bits per heavy atom. The van der Waals surface area contributed by atoms with Gasteiger partial charge in [0.1, 0.15) is 17.4 Å². The van der Waals surface area contributed by atoms with Crippen molar-refractivity contribution in [1.82, 2.24) is 0 Å². The lowest BCUT2D eigenvalue weighted by Crippen LogP contribution is -2.21. The standard InChI is InChI=1S/C17H11IN2O3/c18-10-3-1-2-9(4-10)16-11-5-14-15(22-8-21-14)6-13(11)23-17(20)12(16)7-19/h1-6,16H,8,20H2/t16-/m0/s1. The molecule has 2 aromatic rings. The molecular weight excluding hydrogens is 407 g/mol. The van der Waals surface area contributed by atoms with E-state index in [1.54, 1.807) is 6.07 Å². The average molecular weight is 418 g/mol. The predicted octanol–water partition coefficient (Wildman–Crippen LogP) is 3.24. The minimum absolute atomic E-state index is 0.128. The van der Waals surface area contributed by atoms with E-state index < -0.39 is 0 Å². The van der Waals surface area contributed by atoms with Crippen LogP contribution in [0.15, 0.2) is 47.9 Å². The summed E-state index contributed by atoms with van der Waals surface area (Å²) in [6, 6.07) is 13.8. The smallest absolute Gasteiger partial charge is 0.231 e. The summed E-state index contributed by atoms with van der Waals surface area (Å²) >= 11 is 2.25. The van der Waals surface area contributed by atoms with E-state index in [2.05, 4.69) is 28.7 Å². The molecule has 2 aliphatic rings.